The van der Waals surface area contributed by atoms with E-state index >= 15 is 0 Å². The Hall–Kier alpha value is -3.33. The summed E-state index contributed by atoms with van der Waals surface area (Å²) in [6.07, 6.45) is 3.98. The van der Waals surface area contributed by atoms with Gasteiger partial charge in [-0.3, -0.25) is 14.6 Å². The molecule has 0 fully saturated rings. The van der Waals surface area contributed by atoms with Crippen LogP contribution >= 0.6 is 0 Å². The fourth-order valence-electron chi connectivity index (χ4n) is 3.35. The van der Waals surface area contributed by atoms with E-state index in [1.165, 1.54) is 4.90 Å². The van der Waals surface area contributed by atoms with E-state index in [4.69, 9.17) is 4.74 Å². The van der Waals surface area contributed by atoms with Gasteiger partial charge in [-0.25, -0.2) is 4.68 Å². The molecule has 2 amide bonds. The number of rotatable bonds is 10. The van der Waals surface area contributed by atoms with Crippen molar-refractivity contribution in [3.8, 4) is 0 Å². The molecule has 9 heteroatoms. The quantitative estimate of drug-likeness (QED) is 0.521. The summed E-state index contributed by atoms with van der Waals surface area (Å²) in [5.41, 5.74) is 1.72. The summed E-state index contributed by atoms with van der Waals surface area (Å²) < 4.78 is 6.79. The number of carbonyl (C=O) groups is 2. The van der Waals surface area contributed by atoms with Crippen molar-refractivity contribution in [2.45, 2.75) is 45.3 Å². The van der Waals surface area contributed by atoms with Crippen molar-refractivity contribution in [3.63, 3.8) is 0 Å². The minimum Gasteiger partial charge on any atom is -0.383 e. The van der Waals surface area contributed by atoms with E-state index in [9.17, 15) is 9.59 Å². The first-order chi connectivity index (χ1) is 15.4. The molecule has 0 saturated carbocycles. The van der Waals surface area contributed by atoms with E-state index in [2.05, 4.69) is 20.6 Å². The summed E-state index contributed by atoms with van der Waals surface area (Å²) in [6.45, 7) is 6.40. The Balaban J connectivity index is 1.95. The van der Waals surface area contributed by atoms with Crippen LogP contribution in [0.2, 0.25) is 0 Å². The average molecular weight is 439 g/mol. The van der Waals surface area contributed by atoms with Crippen molar-refractivity contribution in [2.24, 2.45) is 0 Å². The van der Waals surface area contributed by atoms with Crippen molar-refractivity contribution in [1.29, 1.82) is 0 Å². The number of benzene rings is 1. The van der Waals surface area contributed by atoms with Crippen molar-refractivity contribution < 1.29 is 14.3 Å². The van der Waals surface area contributed by atoms with Crippen molar-refractivity contribution >= 4 is 22.8 Å². The number of fused-ring (bicyclic) bond motifs is 1. The van der Waals surface area contributed by atoms with Crippen LogP contribution in [0.1, 0.15) is 38.8 Å². The predicted molar refractivity (Wildman–Crippen MR) is 121 cm³/mol. The highest BCUT2D eigenvalue weighted by Crippen LogP contribution is 2.23. The minimum atomic E-state index is -0.832. The number of carbonyl (C=O) groups excluding carboxylic acids is 2. The number of para-hydroxylation sites is 1. The molecule has 1 unspecified atom stereocenters. The van der Waals surface area contributed by atoms with Crippen LogP contribution in [0.25, 0.3) is 11.0 Å². The summed E-state index contributed by atoms with van der Waals surface area (Å²) in [4.78, 5) is 32.5. The summed E-state index contributed by atoms with van der Waals surface area (Å²) in [5.74, 6) is -0.514. The lowest BCUT2D eigenvalue weighted by molar-refractivity contribution is -0.142. The van der Waals surface area contributed by atoms with E-state index in [1.807, 2.05) is 45.0 Å². The highest BCUT2D eigenvalue weighted by molar-refractivity contribution is 5.89. The molecular formula is C23H30N6O3. The van der Waals surface area contributed by atoms with Gasteiger partial charge in [0.25, 0.3) is 0 Å². The second-order valence-corrected chi connectivity index (χ2v) is 8.23. The Kier molecular flexibility index (Phi) is 7.53. The van der Waals surface area contributed by atoms with E-state index in [0.29, 0.717) is 11.1 Å². The van der Waals surface area contributed by atoms with Crippen LogP contribution in [0.3, 0.4) is 0 Å². The molecule has 0 aliphatic rings. The smallest absolute Gasteiger partial charge is 0.247 e. The molecule has 0 radical (unpaired) electrons. The summed E-state index contributed by atoms with van der Waals surface area (Å²) in [5, 5.41) is 11.3. The van der Waals surface area contributed by atoms with Gasteiger partial charge in [0, 0.05) is 31.6 Å². The Morgan fingerprint density at radius 1 is 1.19 bits per heavy atom. The van der Waals surface area contributed by atoms with Gasteiger partial charge < -0.3 is 15.0 Å². The van der Waals surface area contributed by atoms with E-state index in [-0.39, 0.29) is 31.5 Å². The van der Waals surface area contributed by atoms with Gasteiger partial charge in [0.05, 0.1) is 12.1 Å². The van der Waals surface area contributed by atoms with Crippen molar-refractivity contribution in [3.05, 3.63) is 54.4 Å². The molecule has 3 aromatic rings. The zero-order valence-corrected chi connectivity index (χ0v) is 19.0. The second-order valence-electron chi connectivity index (χ2n) is 8.23. The number of aromatic nitrogens is 4. The van der Waals surface area contributed by atoms with E-state index in [1.54, 1.807) is 36.3 Å². The molecule has 2 aromatic heterocycles. The predicted octanol–water partition coefficient (Wildman–Crippen LogP) is 2.35. The van der Waals surface area contributed by atoms with Gasteiger partial charge in [-0.15, -0.1) is 5.10 Å². The van der Waals surface area contributed by atoms with Crippen LogP contribution in [-0.2, 0) is 20.9 Å². The maximum atomic E-state index is 13.5. The molecule has 0 aliphatic heterocycles. The van der Waals surface area contributed by atoms with Gasteiger partial charge >= 0.3 is 0 Å². The molecule has 170 valence electrons. The highest BCUT2D eigenvalue weighted by Gasteiger charge is 2.34. The first-order valence-corrected chi connectivity index (χ1v) is 10.6. The molecule has 2 heterocycles. The SMILES string of the molecule is CCC(C)(C)NC(=O)C(c1ccncc1)N(CCOC)C(=O)Cn1nnc2ccccc21. The second kappa shape index (κ2) is 10.3. The number of hydrogen-bond acceptors (Lipinski definition) is 6. The summed E-state index contributed by atoms with van der Waals surface area (Å²) >= 11 is 0. The number of hydrogen-bond donors (Lipinski definition) is 1. The monoisotopic (exact) mass is 438 g/mol. The number of ether oxygens (including phenoxy) is 1. The van der Waals surface area contributed by atoms with Gasteiger partial charge in [-0.05, 0) is 50.1 Å². The lowest BCUT2D eigenvalue weighted by Gasteiger charge is -2.34. The van der Waals surface area contributed by atoms with Crippen LogP contribution in [0.15, 0.2) is 48.8 Å². The zero-order chi connectivity index (χ0) is 23.1. The number of methoxy groups -OCH3 is 1. The third-order valence-electron chi connectivity index (χ3n) is 5.49. The molecule has 32 heavy (non-hydrogen) atoms. The summed E-state index contributed by atoms with van der Waals surface area (Å²) in [7, 11) is 1.56. The average Bonchev–Trinajstić information content (AvgIpc) is 3.19. The standard InChI is InChI=1S/C23H30N6O3/c1-5-23(2,3)25-22(31)21(17-10-12-24-13-11-17)28(14-15-32-4)20(30)16-29-19-9-7-6-8-18(19)26-27-29/h6-13,21H,5,14-16H2,1-4H3,(H,25,31). The summed E-state index contributed by atoms with van der Waals surface area (Å²) in [6, 6.07) is 10.1. The fraction of sp³-hybridized carbons (Fsp3) is 0.435. The molecule has 1 N–H and O–H groups in total. The van der Waals surface area contributed by atoms with Gasteiger partial charge in [0.15, 0.2) is 0 Å². The van der Waals surface area contributed by atoms with Crippen LogP contribution in [0.5, 0.6) is 0 Å². The largest absolute Gasteiger partial charge is 0.383 e. The third kappa shape index (κ3) is 5.47. The van der Waals surface area contributed by atoms with Gasteiger partial charge in [0.2, 0.25) is 11.8 Å². The molecule has 0 bridgehead atoms. The topological polar surface area (TPSA) is 102 Å². The van der Waals surface area contributed by atoms with Crippen molar-refractivity contribution in [2.75, 3.05) is 20.3 Å². The highest BCUT2D eigenvalue weighted by atomic mass is 16.5. The normalized spacial score (nSPS) is 12.5. The minimum absolute atomic E-state index is 0.0454. The van der Waals surface area contributed by atoms with Gasteiger partial charge in [-0.1, -0.05) is 24.3 Å². The molecule has 0 saturated heterocycles. The first kappa shape index (κ1) is 23.3. The van der Waals surface area contributed by atoms with E-state index in [0.717, 1.165) is 11.9 Å². The number of nitrogens with zero attached hydrogens (tertiary/aromatic N) is 5. The molecule has 1 atom stereocenters. The van der Waals surface area contributed by atoms with E-state index < -0.39 is 11.6 Å². The Labute approximate surface area is 187 Å². The van der Waals surface area contributed by atoms with Gasteiger partial charge in [-0.2, -0.15) is 0 Å². The van der Waals surface area contributed by atoms with Crippen molar-refractivity contribution in [1.82, 2.24) is 30.2 Å². The van der Waals surface area contributed by atoms with Crippen LogP contribution < -0.4 is 5.32 Å². The number of nitrogens with one attached hydrogen (secondary N) is 1. The van der Waals surface area contributed by atoms with Crippen LogP contribution in [0, 0.1) is 0 Å². The van der Waals surface area contributed by atoms with Crippen LogP contribution in [0.4, 0.5) is 0 Å². The number of amides is 2. The van der Waals surface area contributed by atoms with Gasteiger partial charge in [0.1, 0.15) is 18.1 Å². The fourth-order valence-corrected chi connectivity index (χ4v) is 3.35. The Bertz CT molecular complexity index is 1050. The first-order valence-electron chi connectivity index (χ1n) is 10.6. The Morgan fingerprint density at radius 3 is 2.59 bits per heavy atom. The molecule has 1 aromatic carbocycles. The zero-order valence-electron chi connectivity index (χ0n) is 19.0. The van der Waals surface area contributed by atoms with Crippen LogP contribution in [-0.4, -0.2) is 62.5 Å². The molecule has 3 rings (SSSR count). The Morgan fingerprint density at radius 2 is 1.91 bits per heavy atom. The molecule has 0 spiro atoms. The maximum absolute atomic E-state index is 13.5. The number of pyridine rings is 1. The molecule has 0 aliphatic carbocycles. The molecular weight excluding hydrogens is 408 g/mol. The lowest BCUT2D eigenvalue weighted by atomic mass is 9.99. The molecule has 9 nitrogen and oxygen atoms in total. The lowest BCUT2D eigenvalue weighted by Crippen LogP contribution is -2.51. The maximum Gasteiger partial charge on any atom is 0.247 e. The third-order valence-corrected chi connectivity index (χ3v) is 5.49.